The maximum atomic E-state index is 11.3. The SMILES string of the molecule is CCCCCCC1CC(CCC)CCC1C(=O)O. The van der Waals surface area contributed by atoms with Gasteiger partial charge in [0.05, 0.1) is 5.92 Å². The summed E-state index contributed by atoms with van der Waals surface area (Å²) in [4.78, 5) is 11.3. The van der Waals surface area contributed by atoms with Gasteiger partial charge in [0.1, 0.15) is 0 Å². The van der Waals surface area contributed by atoms with Gasteiger partial charge in [0.15, 0.2) is 0 Å². The molecule has 0 aromatic heterocycles. The van der Waals surface area contributed by atoms with Gasteiger partial charge < -0.3 is 5.11 Å². The second-order valence-electron chi connectivity index (χ2n) is 6.02. The molecule has 0 aromatic carbocycles. The zero-order chi connectivity index (χ0) is 13.4. The summed E-state index contributed by atoms with van der Waals surface area (Å²) in [5.41, 5.74) is 0. The van der Waals surface area contributed by atoms with E-state index in [0.29, 0.717) is 5.92 Å². The van der Waals surface area contributed by atoms with Crippen molar-refractivity contribution in [3.63, 3.8) is 0 Å². The molecule has 1 N–H and O–H groups in total. The summed E-state index contributed by atoms with van der Waals surface area (Å²) in [5.74, 6) is 0.636. The van der Waals surface area contributed by atoms with Gasteiger partial charge in [0, 0.05) is 0 Å². The number of unbranched alkanes of at least 4 members (excludes halogenated alkanes) is 3. The van der Waals surface area contributed by atoms with Crippen molar-refractivity contribution in [2.45, 2.75) is 78.1 Å². The third-order valence-electron chi connectivity index (χ3n) is 4.53. The summed E-state index contributed by atoms with van der Waals surface area (Å²) in [6.45, 7) is 4.46. The van der Waals surface area contributed by atoms with Crippen LogP contribution >= 0.6 is 0 Å². The quantitative estimate of drug-likeness (QED) is 0.627. The molecule has 3 unspecified atom stereocenters. The molecule has 1 aliphatic rings. The summed E-state index contributed by atoms with van der Waals surface area (Å²) < 4.78 is 0. The van der Waals surface area contributed by atoms with E-state index in [-0.39, 0.29) is 5.92 Å². The first-order valence-electron chi connectivity index (χ1n) is 7.91. The van der Waals surface area contributed by atoms with Crippen LogP contribution in [0.25, 0.3) is 0 Å². The summed E-state index contributed by atoms with van der Waals surface area (Å²) in [6.07, 6.45) is 11.9. The molecule has 2 heteroatoms. The zero-order valence-corrected chi connectivity index (χ0v) is 12.2. The Morgan fingerprint density at radius 1 is 1.06 bits per heavy atom. The lowest BCUT2D eigenvalue weighted by molar-refractivity contribution is -0.145. The Bertz CT molecular complexity index is 237. The van der Waals surface area contributed by atoms with E-state index < -0.39 is 5.97 Å². The van der Waals surface area contributed by atoms with Crippen LogP contribution in [0.3, 0.4) is 0 Å². The second kappa shape index (κ2) is 8.55. The fraction of sp³-hybridized carbons (Fsp3) is 0.938. The minimum Gasteiger partial charge on any atom is -0.481 e. The van der Waals surface area contributed by atoms with E-state index in [4.69, 9.17) is 0 Å². The normalized spacial score (nSPS) is 28.2. The molecule has 0 amide bonds. The molecule has 1 fully saturated rings. The number of rotatable bonds is 8. The van der Waals surface area contributed by atoms with Gasteiger partial charge in [-0.3, -0.25) is 4.79 Å². The Balaban J connectivity index is 2.41. The first-order valence-corrected chi connectivity index (χ1v) is 7.91. The molecular formula is C16H30O2. The molecule has 0 radical (unpaired) electrons. The van der Waals surface area contributed by atoms with E-state index in [2.05, 4.69) is 13.8 Å². The van der Waals surface area contributed by atoms with Gasteiger partial charge in [-0.15, -0.1) is 0 Å². The van der Waals surface area contributed by atoms with E-state index in [0.717, 1.165) is 31.6 Å². The predicted octanol–water partition coefficient (Wildman–Crippen LogP) is 4.87. The molecule has 1 rings (SSSR count). The molecule has 3 atom stereocenters. The molecule has 0 aromatic rings. The Morgan fingerprint density at radius 2 is 1.83 bits per heavy atom. The van der Waals surface area contributed by atoms with Gasteiger partial charge in [-0.25, -0.2) is 0 Å². The van der Waals surface area contributed by atoms with Crippen LogP contribution in [0, 0.1) is 17.8 Å². The van der Waals surface area contributed by atoms with E-state index in [1.54, 1.807) is 0 Å². The monoisotopic (exact) mass is 254 g/mol. The summed E-state index contributed by atoms with van der Waals surface area (Å²) in [6, 6.07) is 0. The molecule has 18 heavy (non-hydrogen) atoms. The summed E-state index contributed by atoms with van der Waals surface area (Å²) in [7, 11) is 0. The maximum absolute atomic E-state index is 11.3. The molecule has 0 bridgehead atoms. The van der Waals surface area contributed by atoms with Crippen molar-refractivity contribution < 1.29 is 9.90 Å². The van der Waals surface area contributed by atoms with Gasteiger partial charge in [-0.1, -0.05) is 52.4 Å². The first kappa shape index (κ1) is 15.5. The number of aliphatic carboxylic acids is 1. The van der Waals surface area contributed by atoms with Crippen molar-refractivity contribution in [3.8, 4) is 0 Å². The van der Waals surface area contributed by atoms with E-state index in [1.807, 2.05) is 0 Å². The van der Waals surface area contributed by atoms with Crippen molar-refractivity contribution >= 4 is 5.97 Å². The lowest BCUT2D eigenvalue weighted by atomic mass is 9.71. The molecule has 1 saturated carbocycles. The average Bonchev–Trinajstić information content (AvgIpc) is 2.35. The van der Waals surface area contributed by atoms with Crippen LogP contribution in [0.1, 0.15) is 78.1 Å². The van der Waals surface area contributed by atoms with Crippen molar-refractivity contribution in [1.82, 2.24) is 0 Å². The van der Waals surface area contributed by atoms with Gasteiger partial charge >= 0.3 is 5.97 Å². The minimum absolute atomic E-state index is 0.0558. The van der Waals surface area contributed by atoms with Crippen molar-refractivity contribution in [3.05, 3.63) is 0 Å². The highest BCUT2D eigenvalue weighted by Crippen LogP contribution is 2.39. The molecule has 0 heterocycles. The lowest BCUT2D eigenvalue weighted by Gasteiger charge is -2.34. The number of carboxylic acid groups (broad SMARTS) is 1. The molecule has 1 aliphatic carbocycles. The fourth-order valence-electron chi connectivity index (χ4n) is 3.51. The molecule has 0 spiro atoms. The Kier molecular flexibility index (Phi) is 7.38. The van der Waals surface area contributed by atoms with Gasteiger partial charge in [-0.05, 0) is 37.5 Å². The van der Waals surface area contributed by atoms with Crippen molar-refractivity contribution in [1.29, 1.82) is 0 Å². The molecule has 0 aliphatic heterocycles. The number of carbonyl (C=O) groups is 1. The molecule has 0 saturated heterocycles. The van der Waals surface area contributed by atoms with Crippen LogP contribution in [-0.4, -0.2) is 11.1 Å². The molecule has 2 nitrogen and oxygen atoms in total. The predicted molar refractivity (Wildman–Crippen MR) is 75.6 cm³/mol. The fourth-order valence-corrected chi connectivity index (χ4v) is 3.51. The van der Waals surface area contributed by atoms with E-state index in [9.17, 15) is 9.90 Å². The third-order valence-corrected chi connectivity index (χ3v) is 4.53. The Hall–Kier alpha value is -0.530. The van der Waals surface area contributed by atoms with Gasteiger partial charge in [0.2, 0.25) is 0 Å². The summed E-state index contributed by atoms with van der Waals surface area (Å²) in [5, 5.41) is 9.33. The molecule has 106 valence electrons. The Morgan fingerprint density at radius 3 is 2.44 bits per heavy atom. The van der Waals surface area contributed by atoms with Crippen LogP contribution in [-0.2, 0) is 4.79 Å². The minimum atomic E-state index is -0.551. The zero-order valence-electron chi connectivity index (χ0n) is 12.2. The highest BCUT2D eigenvalue weighted by Gasteiger charge is 2.33. The van der Waals surface area contributed by atoms with Crippen molar-refractivity contribution in [2.24, 2.45) is 17.8 Å². The standard InChI is InChI=1S/C16H30O2/c1-3-5-6-7-9-14-12-13(8-4-2)10-11-15(14)16(17)18/h13-15H,3-12H2,1-2H3,(H,17,18). The average molecular weight is 254 g/mol. The summed E-state index contributed by atoms with van der Waals surface area (Å²) >= 11 is 0. The van der Waals surface area contributed by atoms with Crippen molar-refractivity contribution in [2.75, 3.05) is 0 Å². The molecular weight excluding hydrogens is 224 g/mol. The van der Waals surface area contributed by atoms with Crippen LogP contribution in [0.5, 0.6) is 0 Å². The topological polar surface area (TPSA) is 37.3 Å². The highest BCUT2D eigenvalue weighted by atomic mass is 16.4. The Labute approximate surface area is 112 Å². The van der Waals surface area contributed by atoms with E-state index in [1.165, 1.54) is 38.5 Å². The highest BCUT2D eigenvalue weighted by molar-refractivity contribution is 5.70. The number of hydrogen-bond acceptors (Lipinski definition) is 1. The van der Waals surface area contributed by atoms with Gasteiger partial charge in [-0.2, -0.15) is 0 Å². The van der Waals surface area contributed by atoms with Crippen LogP contribution in [0.15, 0.2) is 0 Å². The maximum Gasteiger partial charge on any atom is 0.306 e. The number of hydrogen-bond donors (Lipinski definition) is 1. The largest absolute Gasteiger partial charge is 0.481 e. The van der Waals surface area contributed by atoms with Crippen LogP contribution in [0.4, 0.5) is 0 Å². The number of carboxylic acids is 1. The van der Waals surface area contributed by atoms with Crippen LogP contribution in [0.2, 0.25) is 0 Å². The first-order chi connectivity index (χ1) is 8.69. The lowest BCUT2D eigenvalue weighted by Crippen LogP contribution is -2.30. The third kappa shape index (κ3) is 4.99. The van der Waals surface area contributed by atoms with Gasteiger partial charge in [0.25, 0.3) is 0 Å². The van der Waals surface area contributed by atoms with Crippen LogP contribution < -0.4 is 0 Å². The smallest absolute Gasteiger partial charge is 0.306 e. The van der Waals surface area contributed by atoms with E-state index >= 15 is 0 Å². The second-order valence-corrected chi connectivity index (χ2v) is 6.02.